The first-order chi connectivity index (χ1) is 15.1. The molecule has 0 aliphatic carbocycles. The Hall–Kier alpha value is -3.35. The summed E-state index contributed by atoms with van der Waals surface area (Å²) in [5.74, 6) is 2.27. The lowest BCUT2D eigenvalue weighted by Gasteiger charge is -2.33. The molecule has 0 bridgehead atoms. The molecule has 7 heteroatoms. The van der Waals surface area contributed by atoms with Crippen LogP contribution in [-0.2, 0) is 11.4 Å². The highest BCUT2D eigenvalue weighted by atomic mass is 16.5. The van der Waals surface area contributed by atoms with Crippen LogP contribution in [0.25, 0.3) is 0 Å². The second-order valence-electron chi connectivity index (χ2n) is 7.85. The smallest absolute Gasteiger partial charge is 0.264 e. The second kappa shape index (κ2) is 9.64. The summed E-state index contributed by atoms with van der Waals surface area (Å²) in [6.45, 7) is 4.85. The molecule has 162 valence electrons. The van der Waals surface area contributed by atoms with E-state index >= 15 is 0 Å². The van der Waals surface area contributed by atoms with Gasteiger partial charge >= 0.3 is 0 Å². The molecule has 1 saturated heterocycles. The van der Waals surface area contributed by atoms with Crippen molar-refractivity contribution < 1.29 is 18.8 Å². The largest absolute Gasteiger partial charge is 0.484 e. The van der Waals surface area contributed by atoms with Crippen molar-refractivity contribution in [2.45, 2.75) is 45.8 Å². The predicted molar refractivity (Wildman–Crippen MR) is 115 cm³/mol. The number of nitrogens with zero attached hydrogens (tertiary/aromatic N) is 3. The summed E-state index contributed by atoms with van der Waals surface area (Å²) < 4.78 is 16.8. The van der Waals surface area contributed by atoms with E-state index in [9.17, 15) is 4.79 Å². The van der Waals surface area contributed by atoms with Crippen LogP contribution in [0.15, 0.2) is 53.1 Å². The van der Waals surface area contributed by atoms with E-state index in [-0.39, 0.29) is 25.2 Å². The van der Waals surface area contributed by atoms with E-state index in [0.717, 1.165) is 30.6 Å². The van der Waals surface area contributed by atoms with E-state index in [1.165, 1.54) is 5.56 Å². The first-order valence-corrected chi connectivity index (χ1v) is 10.6. The molecule has 1 aliphatic heterocycles. The zero-order valence-corrected chi connectivity index (χ0v) is 17.9. The Morgan fingerprint density at radius 2 is 1.90 bits per heavy atom. The molecule has 1 aliphatic rings. The third-order valence-corrected chi connectivity index (χ3v) is 5.34. The van der Waals surface area contributed by atoms with Gasteiger partial charge in [0.2, 0.25) is 0 Å². The first-order valence-electron chi connectivity index (χ1n) is 10.6. The lowest BCUT2D eigenvalue weighted by molar-refractivity contribution is -0.137. The molecule has 2 heterocycles. The van der Waals surface area contributed by atoms with Crippen LogP contribution in [0.5, 0.6) is 11.5 Å². The van der Waals surface area contributed by atoms with Crippen molar-refractivity contribution in [3.8, 4) is 11.5 Å². The van der Waals surface area contributed by atoms with Gasteiger partial charge in [-0.15, -0.1) is 0 Å². The van der Waals surface area contributed by atoms with Gasteiger partial charge in [0.15, 0.2) is 19.0 Å². The number of aromatic nitrogens is 2. The fourth-order valence-corrected chi connectivity index (χ4v) is 3.67. The van der Waals surface area contributed by atoms with Gasteiger partial charge in [0, 0.05) is 6.54 Å². The normalized spacial score (nSPS) is 16.2. The lowest BCUT2D eigenvalue weighted by Crippen LogP contribution is -2.41. The van der Waals surface area contributed by atoms with E-state index in [1.807, 2.05) is 62.4 Å². The van der Waals surface area contributed by atoms with Gasteiger partial charge in [-0.1, -0.05) is 35.0 Å². The number of hydrogen-bond acceptors (Lipinski definition) is 6. The number of amides is 1. The van der Waals surface area contributed by atoms with Crippen molar-refractivity contribution >= 4 is 5.91 Å². The van der Waals surface area contributed by atoms with Crippen molar-refractivity contribution in [1.82, 2.24) is 15.0 Å². The summed E-state index contributed by atoms with van der Waals surface area (Å²) in [6, 6.07) is 15.2. The Morgan fingerprint density at radius 3 is 2.71 bits per heavy atom. The molecule has 4 rings (SSSR count). The van der Waals surface area contributed by atoms with Crippen LogP contribution in [0, 0.1) is 13.8 Å². The number of carbonyl (C=O) groups excluding carboxylic acids is 1. The van der Waals surface area contributed by atoms with Gasteiger partial charge in [-0.2, -0.15) is 4.98 Å². The first kappa shape index (κ1) is 20.9. The van der Waals surface area contributed by atoms with Crippen molar-refractivity contribution in [1.29, 1.82) is 0 Å². The number of ether oxygens (including phenoxy) is 2. The van der Waals surface area contributed by atoms with Crippen molar-refractivity contribution in [2.75, 3.05) is 13.2 Å². The molecule has 1 aromatic heterocycles. The molecule has 2 aromatic carbocycles. The van der Waals surface area contributed by atoms with Gasteiger partial charge in [-0.05, 0) is 62.9 Å². The fraction of sp³-hybridized carbons (Fsp3) is 0.375. The highest BCUT2D eigenvalue weighted by Crippen LogP contribution is 2.29. The SMILES string of the molecule is Cc1ccc(OCc2nc(C3CCCCN3C(=O)COc3cccc(C)c3)no2)cc1. The summed E-state index contributed by atoms with van der Waals surface area (Å²) in [5, 5.41) is 4.13. The Morgan fingerprint density at radius 1 is 1.06 bits per heavy atom. The van der Waals surface area contributed by atoms with Gasteiger partial charge in [0.25, 0.3) is 11.8 Å². The molecule has 1 unspecified atom stereocenters. The quantitative estimate of drug-likeness (QED) is 0.563. The molecular weight excluding hydrogens is 394 g/mol. The minimum Gasteiger partial charge on any atom is -0.484 e. The second-order valence-corrected chi connectivity index (χ2v) is 7.85. The van der Waals surface area contributed by atoms with Crippen molar-refractivity contribution in [3.63, 3.8) is 0 Å². The van der Waals surface area contributed by atoms with Crippen LogP contribution >= 0.6 is 0 Å². The Balaban J connectivity index is 1.37. The highest BCUT2D eigenvalue weighted by Gasteiger charge is 2.31. The van der Waals surface area contributed by atoms with E-state index < -0.39 is 0 Å². The van der Waals surface area contributed by atoms with E-state index in [2.05, 4.69) is 10.1 Å². The Kier molecular flexibility index (Phi) is 6.50. The number of piperidine rings is 1. The Labute approximate surface area is 182 Å². The number of hydrogen-bond donors (Lipinski definition) is 0. The molecule has 1 fully saturated rings. The van der Waals surface area contributed by atoms with Crippen LogP contribution < -0.4 is 9.47 Å². The van der Waals surface area contributed by atoms with Crippen LogP contribution in [0.1, 0.15) is 48.1 Å². The summed E-state index contributed by atoms with van der Waals surface area (Å²) in [4.78, 5) is 19.2. The predicted octanol–water partition coefficient (Wildman–Crippen LogP) is 4.40. The molecule has 0 saturated carbocycles. The third kappa shape index (κ3) is 5.42. The molecular formula is C24H27N3O4. The third-order valence-electron chi connectivity index (χ3n) is 5.34. The molecule has 1 amide bonds. The summed E-state index contributed by atoms with van der Waals surface area (Å²) in [5.41, 5.74) is 2.26. The molecule has 0 spiro atoms. The number of rotatable bonds is 7. The van der Waals surface area contributed by atoms with Gasteiger partial charge in [-0.3, -0.25) is 4.79 Å². The number of carbonyl (C=O) groups is 1. The van der Waals surface area contributed by atoms with Gasteiger partial charge in [0.05, 0.1) is 6.04 Å². The lowest BCUT2D eigenvalue weighted by atomic mass is 10.0. The molecule has 0 N–H and O–H groups in total. The van der Waals surface area contributed by atoms with Crippen LogP contribution in [-0.4, -0.2) is 34.1 Å². The number of aryl methyl sites for hydroxylation is 2. The maximum atomic E-state index is 12.9. The van der Waals surface area contributed by atoms with Gasteiger partial charge in [-0.25, -0.2) is 0 Å². The molecule has 0 radical (unpaired) electrons. The van der Waals surface area contributed by atoms with Gasteiger partial charge < -0.3 is 18.9 Å². The van der Waals surface area contributed by atoms with Crippen LogP contribution in [0.3, 0.4) is 0 Å². The Bertz CT molecular complexity index is 1020. The zero-order chi connectivity index (χ0) is 21.6. The number of likely N-dealkylation sites (tertiary alicyclic amines) is 1. The number of benzene rings is 2. The summed E-state index contributed by atoms with van der Waals surface area (Å²) in [7, 11) is 0. The van der Waals surface area contributed by atoms with E-state index in [0.29, 0.717) is 24.0 Å². The van der Waals surface area contributed by atoms with Crippen molar-refractivity contribution in [2.24, 2.45) is 0 Å². The van der Waals surface area contributed by atoms with E-state index in [1.54, 1.807) is 4.90 Å². The molecule has 3 aromatic rings. The zero-order valence-electron chi connectivity index (χ0n) is 17.9. The topological polar surface area (TPSA) is 77.7 Å². The molecule has 31 heavy (non-hydrogen) atoms. The standard InChI is InChI=1S/C24H27N3O4/c1-17-9-11-19(12-10-17)29-15-22-25-24(26-31-22)21-8-3-4-13-27(21)23(28)16-30-20-7-5-6-18(2)14-20/h5-7,9-12,14,21H,3-4,8,13,15-16H2,1-2H3. The summed E-state index contributed by atoms with van der Waals surface area (Å²) in [6.07, 6.45) is 2.76. The maximum Gasteiger partial charge on any atom is 0.264 e. The molecule has 1 atom stereocenters. The van der Waals surface area contributed by atoms with E-state index in [4.69, 9.17) is 14.0 Å². The van der Waals surface area contributed by atoms with Crippen LogP contribution in [0.2, 0.25) is 0 Å². The average molecular weight is 421 g/mol. The fourth-order valence-electron chi connectivity index (χ4n) is 3.67. The minimum absolute atomic E-state index is 0.0127. The monoisotopic (exact) mass is 421 g/mol. The minimum atomic E-state index is -0.209. The van der Waals surface area contributed by atoms with Gasteiger partial charge in [0.1, 0.15) is 11.5 Å². The van der Waals surface area contributed by atoms with Crippen molar-refractivity contribution in [3.05, 3.63) is 71.4 Å². The maximum absolute atomic E-state index is 12.9. The molecule has 7 nitrogen and oxygen atoms in total. The van der Waals surface area contributed by atoms with Crippen LogP contribution in [0.4, 0.5) is 0 Å². The highest BCUT2D eigenvalue weighted by molar-refractivity contribution is 5.78. The summed E-state index contributed by atoms with van der Waals surface area (Å²) >= 11 is 0. The average Bonchev–Trinajstić information content (AvgIpc) is 3.26.